The van der Waals surface area contributed by atoms with Crippen LogP contribution in [0.15, 0.2) is 35.3 Å². The van der Waals surface area contributed by atoms with Crippen LogP contribution in [0.2, 0.25) is 0 Å². The third-order valence-electron chi connectivity index (χ3n) is 3.43. The van der Waals surface area contributed by atoms with Gasteiger partial charge in [0, 0.05) is 31.8 Å². The number of pyridine rings is 1. The summed E-state index contributed by atoms with van der Waals surface area (Å²) in [6.45, 7) is 3.51. The second-order valence-corrected chi connectivity index (χ2v) is 5.16. The number of carbonyl (C=O) groups is 1. The highest BCUT2D eigenvalue weighted by molar-refractivity contribution is 5.88. The van der Waals surface area contributed by atoms with Crippen molar-refractivity contribution in [3.8, 4) is 5.75 Å². The number of nitrogens with zero attached hydrogens (tertiary/aromatic N) is 1. The van der Waals surface area contributed by atoms with Crippen LogP contribution >= 0.6 is 0 Å². The first-order chi connectivity index (χ1) is 11.2. The Hall–Kier alpha value is -2.34. The lowest BCUT2D eigenvalue weighted by Gasteiger charge is -2.11. The average Bonchev–Trinajstić information content (AvgIpc) is 2.56. The Morgan fingerprint density at radius 3 is 2.83 bits per heavy atom. The summed E-state index contributed by atoms with van der Waals surface area (Å²) in [6, 6.07) is 7.15. The van der Waals surface area contributed by atoms with Gasteiger partial charge in [0.05, 0.1) is 12.0 Å². The molecule has 124 valence electrons. The highest BCUT2D eigenvalue weighted by Crippen LogP contribution is 2.23. The Labute approximate surface area is 135 Å². The van der Waals surface area contributed by atoms with E-state index in [1.807, 2.05) is 13.0 Å². The van der Waals surface area contributed by atoms with Gasteiger partial charge in [0.1, 0.15) is 5.75 Å². The fourth-order valence-corrected chi connectivity index (χ4v) is 2.32. The van der Waals surface area contributed by atoms with Gasteiger partial charge >= 0.3 is 0 Å². The molecule has 2 rings (SSSR count). The summed E-state index contributed by atoms with van der Waals surface area (Å²) < 4.78 is 12.1. The SMILES string of the molecule is CCCn1ccc2c(OCC(=O)NCCOC)cccc2c1=O. The second-order valence-electron chi connectivity index (χ2n) is 5.16. The summed E-state index contributed by atoms with van der Waals surface area (Å²) in [7, 11) is 1.57. The topological polar surface area (TPSA) is 69.6 Å². The minimum absolute atomic E-state index is 0.0423. The molecule has 0 aliphatic carbocycles. The molecule has 0 atom stereocenters. The van der Waals surface area contributed by atoms with Crippen molar-refractivity contribution in [1.82, 2.24) is 9.88 Å². The summed E-state index contributed by atoms with van der Waals surface area (Å²) in [5.41, 5.74) is -0.0423. The zero-order valence-corrected chi connectivity index (χ0v) is 13.5. The van der Waals surface area contributed by atoms with Crippen molar-refractivity contribution in [3.63, 3.8) is 0 Å². The van der Waals surface area contributed by atoms with E-state index in [9.17, 15) is 9.59 Å². The van der Waals surface area contributed by atoms with Crippen molar-refractivity contribution in [2.45, 2.75) is 19.9 Å². The van der Waals surface area contributed by atoms with Gasteiger partial charge < -0.3 is 19.4 Å². The third-order valence-corrected chi connectivity index (χ3v) is 3.43. The number of methoxy groups -OCH3 is 1. The van der Waals surface area contributed by atoms with Crippen LogP contribution in [0.5, 0.6) is 5.75 Å². The number of carbonyl (C=O) groups excluding carboxylic acids is 1. The van der Waals surface area contributed by atoms with Crippen LogP contribution in [0.4, 0.5) is 0 Å². The third kappa shape index (κ3) is 4.32. The molecule has 1 N–H and O–H groups in total. The van der Waals surface area contributed by atoms with E-state index in [0.29, 0.717) is 30.8 Å². The van der Waals surface area contributed by atoms with Crippen molar-refractivity contribution < 1.29 is 14.3 Å². The average molecular weight is 318 g/mol. The zero-order valence-electron chi connectivity index (χ0n) is 13.5. The maximum Gasteiger partial charge on any atom is 0.258 e. The zero-order chi connectivity index (χ0) is 16.7. The number of ether oxygens (including phenoxy) is 2. The lowest BCUT2D eigenvalue weighted by Crippen LogP contribution is -2.31. The predicted molar refractivity (Wildman–Crippen MR) is 88.9 cm³/mol. The molecule has 0 aliphatic rings. The van der Waals surface area contributed by atoms with E-state index in [2.05, 4.69) is 5.32 Å². The number of benzene rings is 1. The summed E-state index contributed by atoms with van der Waals surface area (Å²) >= 11 is 0. The molecule has 0 bridgehead atoms. The standard InChI is InChI=1S/C17H22N2O4/c1-3-9-19-10-7-13-14(17(19)21)5-4-6-15(13)23-12-16(20)18-8-11-22-2/h4-7,10H,3,8-9,11-12H2,1-2H3,(H,18,20). The fraction of sp³-hybridized carbons (Fsp3) is 0.412. The van der Waals surface area contributed by atoms with Crippen LogP contribution in [0.3, 0.4) is 0 Å². The molecule has 0 unspecified atom stereocenters. The van der Waals surface area contributed by atoms with Crippen LogP contribution in [-0.2, 0) is 16.1 Å². The Bertz CT molecular complexity index is 724. The van der Waals surface area contributed by atoms with E-state index in [0.717, 1.165) is 11.8 Å². The number of hydrogen-bond donors (Lipinski definition) is 1. The molecule has 6 nitrogen and oxygen atoms in total. The molecule has 0 saturated heterocycles. The van der Waals surface area contributed by atoms with Gasteiger partial charge in [-0.15, -0.1) is 0 Å². The van der Waals surface area contributed by atoms with E-state index >= 15 is 0 Å². The van der Waals surface area contributed by atoms with Crippen molar-refractivity contribution in [1.29, 1.82) is 0 Å². The largest absolute Gasteiger partial charge is 0.483 e. The molecule has 0 fully saturated rings. The van der Waals surface area contributed by atoms with Crippen LogP contribution in [0.1, 0.15) is 13.3 Å². The molecule has 0 saturated carbocycles. The van der Waals surface area contributed by atoms with E-state index in [4.69, 9.17) is 9.47 Å². The molecule has 0 aliphatic heterocycles. The van der Waals surface area contributed by atoms with E-state index < -0.39 is 0 Å². The number of nitrogens with one attached hydrogen (secondary N) is 1. The molecule has 6 heteroatoms. The van der Waals surface area contributed by atoms with Gasteiger partial charge in [-0.05, 0) is 24.6 Å². The first-order valence-electron chi connectivity index (χ1n) is 7.68. The van der Waals surface area contributed by atoms with Crippen LogP contribution in [-0.4, -0.2) is 37.3 Å². The van der Waals surface area contributed by atoms with Gasteiger partial charge in [-0.1, -0.05) is 13.0 Å². The number of aromatic nitrogens is 1. The molecule has 0 spiro atoms. The summed E-state index contributed by atoms with van der Waals surface area (Å²) in [6.07, 6.45) is 2.66. The van der Waals surface area contributed by atoms with Gasteiger partial charge in [-0.3, -0.25) is 9.59 Å². The molecule has 1 aromatic carbocycles. The van der Waals surface area contributed by atoms with Crippen molar-refractivity contribution in [3.05, 3.63) is 40.8 Å². The maximum absolute atomic E-state index is 12.4. The lowest BCUT2D eigenvalue weighted by molar-refractivity contribution is -0.123. The maximum atomic E-state index is 12.4. The highest BCUT2D eigenvalue weighted by Gasteiger charge is 2.09. The number of hydrogen-bond acceptors (Lipinski definition) is 4. The summed E-state index contributed by atoms with van der Waals surface area (Å²) in [5, 5.41) is 4.00. The van der Waals surface area contributed by atoms with Crippen LogP contribution in [0.25, 0.3) is 10.8 Å². The summed E-state index contributed by atoms with van der Waals surface area (Å²) in [4.78, 5) is 24.1. The Morgan fingerprint density at radius 1 is 1.26 bits per heavy atom. The van der Waals surface area contributed by atoms with Crippen molar-refractivity contribution in [2.75, 3.05) is 26.9 Å². The number of aryl methyl sites for hydroxylation is 1. The quantitative estimate of drug-likeness (QED) is 0.750. The Kier molecular flexibility index (Phi) is 6.17. The molecule has 0 radical (unpaired) electrons. The molecule has 2 aromatic rings. The number of rotatable bonds is 8. The minimum atomic E-state index is -0.224. The molecule has 23 heavy (non-hydrogen) atoms. The molecule has 1 aromatic heterocycles. The normalized spacial score (nSPS) is 10.7. The highest BCUT2D eigenvalue weighted by atomic mass is 16.5. The first kappa shape index (κ1) is 17.0. The molecule has 1 heterocycles. The van der Waals surface area contributed by atoms with Gasteiger partial charge in [0.15, 0.2) is 6.61 Å². The van der Waals surface area contributed by atoms with E-state index in [-0.39, 0.29) is 18.1 Å². The molecule has 1 amide bonds. The predicted octanol–water partition coefficient (Wildman–Crippen LogP) is 1.55. The minimum Gasteiger partial charge on any atom is -0.483 e. The molecular formula is C17H22N2O4. The van der Waals surface area contributed by atoms with Gasteiger partial charge in [-0.2, -0.15) is 0 Å². The van der Waals surface area contributed by atoms with Gasteiger partial charge in [0.25, 0.3) is 11.5 Å². The van der Waals surface area contributed by atoms with Gasteiger partial charge in [-0.25, -0.2) is 0 Å². The van der Waals surface area contributed by atoms with Crippen molar-refractivity contribution >= 4 is 16.7 Å². The van der Waals surface area contributed by atoms with Crippen LogP contribution in [0, 0.1) is 0 Å². The first-order valence-corrected chi connectivity index (χ1v) is 7.68. The summed E-state index contributed by atoms with van der Waals surface area (Å²) in [5.74, 6) is 0.309. The monoisotopic (exact) mass is 318 g/mol. The van der Waals surface area contributed by atoms with Gasteiger partial charge in [0.2, 0.25) is 0 Å². The Morgan fingerprint density at radius 2 is 2.09 bits per heavy atom. The second kappa shape index (κ2) is 8.33. The van der Waals surface area contributed by atoms with E-state index in [1.54, 1.807) is 36.1 Å². The number of fused-ring (bicyclic) bond motifs is 1. The fourth-order valence-electron chi connectivity index (χ4n) is 2.32. The van der Waals surface area contributed by atoms with Crippen molar-refractivity contribution in [2.24, 2.45) is 0 Å². The Balaban J connectivity index is 2.14. The smallest absolute Gasteiger partial charge is 0.258 e. The van der Waals surface area contributed by atoms with Crippen LogP contribution < -0.4 is 15.6 Å². The number of amides is 1. The van der Waals surface area contributed by atoms with E-state index in [1.165, 1.54) is 0 Å². The lowest BCUT2D eigenvalue weighted by atomic mass is 10.1. The molecular weight excluding hydrogens is 296 g/mol.